The van der Waals surface area contributed by atoms with Gasteiger partial charge in [-0.2, -0.15) is 13.2 Å². The third-order valence-electron chi connectivity index (χ3n) is 6.82. The molecule has 0 aromatic carbocycles. The van der Waals surface area contributed by atoms with Crippen molar-refractivity contribution in [2.24, 2.45) is 0 Å². The summed E-state index contributed by atoms with van der Waals surface area (Å²) in [6, 6.07) is 3.46. The summed E-state index contributed by atoms with van der Waals surface area (Å²) < 4.78 is 46.4. The number of hydrogen-bond acceptors (Lipinski definition) is 4. The van der Waals surface area contributed by atoms with Crippen LogP contribution in [-0.2, 0) is 24.1 Å². The number of rotatable bonds is 5. The lowest BCUT2D eigenvalue weighted by Crippen LogP contribution is -2.40. The van der Waals surface area contributed by atoms with Crippen molar-refractivity contribution >= 4 is 11.8 Å². The van der Waals surface area contributed by atoms with E-state index < -0.39 is 29.4 Å². The van der Waals surface area contributed by atoms with E-state index in [-0.39, 0.29) is 18.6 Å². The number of nitrogens with one attached hydrogen (secondary N) is 1. The van der Waals surface area contributed by atoms with E-state index in [1.807, 2.05) is 37.2 Å². The summed E-state index contributed by atoms with van der Waals surface area (Å²) >= 11 is 0. The molecule has 2 unspecified atom stereocenters. The molecule has 2 aliphatic rings. The second-order valence-corrected chi connectivity index (χ2v) is 9.92. The number of likely N-dealkylation sites (tertiary alicyclic amines) is 1. The molecule has 2 atom stereocenters. The largest absolute Gasteiger partial charge is 0.433 e. The molecule has 0 saturated carbocycles. The van der Waals surface area contributed by atoms with Gasteiger partial charge in [0.05, 0.1) is 36.1 Å². The highest BCUT2D eigenvalue weighted by atomic mass is 19.4. The first-order valence-electron chi connectivity index (χ1n) is 11.9. The van der Waals surface area contributed by atoms with Crippen molar-refractivity contribution in [1.29, 1.82) is 0 Å². The van der Waals surface area contributed by atoms with Gasteiger partial charge in [-0.25, -0.2) is 0 Å². The zero-order valence-electron chi connectivity index (χ0n) is 20.4. The SMILES string of the molecule is CCC(NC(=O)c1cc(C(=O)N2CCCC2C)n2c1COC(C)(C)C2)c1ccc(C(F)(F)F)nc1. The summed E-state index contributed by atoms with van der Waals surface area (Å²) in [4.78, 5) is 32.1. The summed E-state index contributed by atoms with van der Waals surface area (Å²) in [5.74, 6) is -0.510. The molecule has 0 bridgehead atoms. The Hall–Kier alpha value is -2.88. The first kappa shape index (κ1) is 25.2. The molecule has 2 aromatic rings. The molecule has 1 saturated heterocycles. The predicted octanol–water partition coefficient (Wildman–Crippen LogP) is 4.72. The van der Waals surface area contributed by atoms with Crippen LogP contribution < -0.4 is 5.32 Å². The zero-order valence-corrected chi connectivity index (χ0v) is 20.4. The van der Waals surface area contributed by atoms with E-state index in [9.17, 15) is 22.8 Å². The van der Waals surface area contributed by atoms with Gasteiger partial charge in [0.2, 0.25) is 0 Å². The highest BCUT2D eigenvalue weighted by molar-refractivity contribution is 6.01. The van der Waals surface area contributed by atoms with E-state index in [1.165, 1.54) is 6.07 Å². The van der Waals surface area contributed by atoms with Crippen molar-refractivity contribution < 1.29 is 27.5 Å². The molecule has 0 radical (unpaired) electrons. The fourth-order valence-electron chi connectivity index (χ4n) is 4.81. The maximum absolute atomic E-state index is 13.4. The molecule has 2 amide bonds. The molecule has 1 fully saturated rings. The Morgan fingerprint density at radius 3 is 2.63 bits per heavy atom. The van der Waals surface area contributed by atoms with Gasteiger partial charge in [0, 0.05) is 18.8 Å². The minimum absolute atomic E-state index is 0.105. The van der Waals surface area contributed by atoms with Crippen molar-refractivity contribution in [3.8, 4) is 0 Å². The van der Waals surface area contributed by atoms with Gasteiger partial charge in [0.15, 0.2) is 0 Å². The fraction of sp³-hybridized carbons (Fsp3) is 0.560. The highest BCUT2D eigenvalue weighted by Gasteiger charge is 2.36. The Morgan fingerprint density at radius 1 is 1.31 bits per heavy atom. The fourth-order valence-corrected chi connectivity index (χ4v) is 4.81. The van der Waals surface area contributed by atoms with Gasteiger partial charge < -0.3 is 19.5 Å². The van der Waals surface area contributed by atoms with Crippen LogP contribution in [0.2, 0.25) is 0 Å². The lowest BCUT2D eigenvalue weighted by Gasteiger charge is -2.34. The quantitative estimate of drug-likeness (QED) is 0.656. The number of hydrogen-bond donors (Lipinski definition) is 1. The lowest BCUT2D eigenvalue weighted by molar-refractivity contribution is -0.141. The molecule has 0 spiro atoms. The summed E-state index contributed by atoms with van der Waals surface area (Å²) in [5.41, 5.74) is 0.416. The summed E-state index contributed by atoms with van der Waals surface area (Å²) in [6.07, 6.45) is -1.04. The highest BCUT2D eigenvalue weighted by Crippen LogP contribution is 2.32. The van der Waals surface area contributed by atoms with E-state index in [2.05, 4.69) is 10.3 Å². The van der Waals surface area contributed by atoms with Crippen LogP contribution >= 0.6 is 0 Å². The molecule has 0 aliphatic carbocycles. The molecule has 1 N–H and O–H groups in total. The maximum Gasteiger partial charge on any atom is 0.433 e. The average molecular weight is 493 g/mol. The maximum atomic E-state index is 13.4. The second kappa shape index (κ2) is 9.29. The summed E-state index contributed by atoms with van der Waals surface area (Å²) in [6.45, 7) is 9.01. The van der Waals surface area contributed by atoms with Crippen LogP contribution in [0.3, 0.4) is 0 Å². The van der Waals surface area contributed by atoms with Gasteiger partial charge in [-0.15, -0.1) is 0 Å². The third kappa shape index (κ3) is 5.07. The molecule has 2 aliphatic heterocycles. The van der Waals surface area contributed by atoms with Crippen LogP contribution in [0.4, 0.5) is 13.2 Å². The van der Waals surface area contributed by atoms with E-state index in [0.29, 0.717) is 42.0 Å². The van der Waals surface area contributed by atoms with Crippen LogP contribution in [0.15, 0.2) is 24.4 Å². The van der Waals surface area contributed by atoms with E-state index in [4.69, 9.17) is 4.74 Å². The molecule has 4 rings (SSSR count). The number of carbonyl (C=O) groups excluding carboxylic acids is 2. The number of amides is 2. The van der Waals surface area contributed by atoms with Crippen LogP contribution in [0.25, 0.3) is 0 Å². The number of aromatic nitrogens is 2. The number of ether oxygens (including phenoxy) is 1. The van der Waals surface area contributed by atoms with Gasteiger partial charge in [-0.1, -0.05) is 13.0 Å². The molecule has 35 heavy (non-hydrogen) atoms. The molecule has 190 valence electrons. The number of halogens is 3. The van der Waals surface area contributed by atoms with Gasteiger partial charge >= 0.3 is 6.18 Å². The predicted molar refractivity (Wildman–Crippen MR) is 123 cm³/mol. The number of carbonyl (C=O) groups is 2. The summed E-state index contributed by atoms with van der Waals surface area (Å²) in [7, 11) is 0. The molecule has 4 heterocycles. The minimum atomic E-state index is -4.53. The molecular formula is C25H31F3N4O3. The van der Waals surface area contributed by atoms with Crippen LogP contribution in [-0.4, -0.2) is 44.5 Å². The number of alkyl halides is 3. The van der Waals surface area contributed by atoms with Crippen molar-refractivity contribution in [3.63, 3.8) is 0 Å². The smallest absolute Gasteiger partial charge is 0.367 e. The van der Waals surface area contributed by atoms with E-state index in [1.54, 1.807) is 6.07 Å². The topological polar surface area (TPSA) is 76.5 Å². The van der Waals surface area contributed by atoms with Crippen molar-refractivity contribution in [3.05, 3.63) is 52.6 Å². The number of pyridine rings is 1. The zero-order chi connectivity index (χ0) is 25.5. The van der Waals surface area contributed by atoms with E-state index in [0.717, 1.165) is 25.1 Å². The van der Waals surface area contributed by atoms with Gasteiger partial charge in [-0.05, 0) is 57.7 Å². The number of fused-ring (bicyclic) bond motifs is 1. The van der Waals surface area contributed by atoms with E-state index >= 15 is 0 Å². The van der Waals surface area contributed by atoms with Gasteiger partial charge in [-0.3, -0.25) is 14.6 Å². The Kier molecular flexibility index (Phi) is 6.70. The standard InChI is InChI=1S/C25H31F3N4O3/c1-5-18(16-8-9-21(29-12-16)25(26,27)28)30-22(33)17-11-19(23(34)31-10-6-7-15(31)2)32-14-24(3,4)35-13-20(17)32/h8-9,11-12,15,18H,5-7,10,13-14H2,1-4H3,(H,30,33). The van der Waals surface area contributed by atoms with Crippen molar-refractivity contribution in [2.45, 2.75) is 84.0 Å². The Morgan fingerprint density at radius 2 is 2.06 bits per heavy atom. The second-order valence-electron chi connectivity index (χ2n) is 9.92. The van der Waals surface area contributed by atoms with Crippen LogP contribution in [0, 0.1) is 0 Å². The molecule has 7 nitrogen and oxygen atoms in total. The molecule has 2 aromatic heterocycles. The first-order valence-corrected chi connectivity index (χ1v) is 11.9. The number of nitrogens with zero attached hydrogens (tertiary/aromatic N) is 3. The van der Waals surface area contributed by atoms with Crippen LogP contribution in [0.5, 0.6) is 0 Å². The van der Waals surface area contributed by atoms with Crippen LogP contribution in [0.1, 0.15) is 90.8 Å². The minimum Gasteiger partial charge on any atom is -0.367 e. The van der Waals surface area contributed by atoms with Gasteiger partial charge in [0.1, 0.15) is 11.4 Å². The Labute approximate surface area is 202 Å². The Bertz CT molecular complexity index is 1110. The van der Waals surface area contributed by atoms with Crippen molar-refractivity contribution in [1.82, 2.24) is 19.8 Å². The molecular weight excluding hydrogens is 461 g/mol. The average Bonchev–Trinajstić information content (AvgIpc) is 3.39. The van der Waals surface area contributed by atoms with Crippen molar-refractivity contribution in [2.75, 3.05) is 6.54 Å². The molecule has 10 heteroatoms. The first-order chi connectivity index (χ1) is 16.4. The van der Waals surface area contributed by atoms with Gasteiger partial charge in [0.25, 0.3) is 11.8 Å². The summed E-state index contributed by atoms with van der Waals surface area (Å²) in [5, 5.41) is 2.90. The normalized spacial score (nSPS) is 20.4. The lowest BCUT2D eigenvalue weighted by atomic mass is 10.0. The third-order valence-corrected chi connectivity index (χ3v) is 6.82. The monoisotopic (exact) mass is 492 g/mol. The Balaban J connectivity index is 1.63.